The van der Waals surface area contributed by atoms with Gasteiger partial charge in [0.15, 0.2) is 0 Å². The molecule has 0 aliphatic rings. The van der Waals surface area contributed by atoms with Crippen molar-refractivity contribution in [2.45, 2.75) is 0 Å². The number of carbonyl (C=O) groups excluding carboxylic acids is 1. The quantitative estimate of drug-likeness (QED) is 0.441. The molecule has 2 aromatic heterocycles. The first-order valence-corrected chi connectivity index (χ1v) is 7.67. The lowest BCUT2D eigenvalue weighted by atomic mass is 10.1. The highest BCUT2D eigenvalue weighted by atomic mass is 16.2. The van der Waals surface area contributed by atoms with Crippen LogP contribution in [0.15, 0.2) is 66.0 Å². The second-order valence-corrected chi connectivity index (χ2v) is 5.66. The topological polar surface area (TPSA) is 62.2 Å². The zero-order valence-corrected chi connectivity index (χ0v) is 13.2. The molecule has 0 fully saturated rings. The Labute approximate surface area is 138 Å². The fourth-order valence-electron chi connectivity index (χ4n) is 2.97. The molecule has 0 unspecified atom stereocenters. The number of H-pyrrole nitrogens is 1. The van der Waals surface area contributed by atoms with Crippen molar-refractivity contribution in [3.05, 3.63) is 72.1 Å². The molecule has 0 aliphatic heterocycles. The van der Waals surface area contributed by atoms with E-state index in [2.05, 4.69) is 21.6 Å². The molecular formula is C19H16N4O. The third-order valence-corrected chi connectivity index (χ3v) is 4.13. The molecule has 0 bridgehead atoms. The summed E-state index contributed by atoms with van der Waals surface area (Å²) in [6, 6.07) is 15.6. The van der Waals surface area contributed by atoms with Gasteiger partial charge in [0.05, 0.1) is 17.3 Å². The lowest BCUT2D eigenvalue weighted by Crippen LogP contribution is -2.17. The maximum absolute atomic E-state index is 12.4. The maximum Gasteiger partial charge on any atom is 0.273 e. The van der Waals surface area contributed by atoms with Crippen molar-refractivity contribution in [2.24, 2.45) is 12.1 Å². The van der Waals surface area contributed by atoms with Crippen LogP contribution in [0, 0.1) is 0 Å². The summed E-state index contributed by atoms with van der Waals surface area (Å²) in [7, 11) is 1.99. The minimum Gasteiger partial charge on any atom is -0.361 e. The van der Waals surface area contributed by atoms with Crippen molar-refractivity contribution in [1.82, 2.24) is 15.0 Å². The molecule has 2 N–H and O–H groups in total. The Morgan fingerprint density at radius 2 is 2.04 bits per heavy atom. The van der Waals surface area contributed by atoms with Crippen molar-refractivity contribution < 1.29 is 4.79 Å². The van der Waals surface area contributed by atoms with E-state index >= 15 is 0 Å². The number of rotatable bonds is 3. The van der Waals surface area contributed by atoms with Crippen LogP contribution >= 0.6 is 0 Å². The van der Waals surface area contributed by atoms with Crippen LogP contribution in [-0.4, -0.2) is 21.7 Å². The van der Waals surface area contributed by atoms with Gasteiger partial charge in [-0.3, -0.25) is 4.79 Å². The van der Waals surface area contributed by atoms with E-state index in [1.807, 2.05) is 60.4 Å². The zero-order chi connectivity index (χ0) is 16.5. The van der Waals surface area contributed by atoms with Crippen molar-refractivity contribution in [2.75, 3.05) is 0 Å². The molecule has 4 rings (SSSR count). The summed E-state index contributed by atoms with van der Waals surface area (Å²) < 4.78 is 2.04. The number of hydrogen-bond acceptors (Lipinski definition) is 2. The summed E-state index contributed by atoms with van der Waals surface area (Å²) in [5.41, 5.74) is 6.09. The van der Waals surface area contributed by atoms with Crippen LogP contribution in [-0.2, 0) is 7.05 Å². The van der Waals surface area contributed by atoms with E-state index < -0.39 is 0 Å². The minimum atomic E-state index is -0.237. The van der Waals surface area contributed by atoms with Gasteiger partial charge in [-0.2, -0.15) is 5.10 Å². The van der Waals surface area contributed by atoms with Crippen LogP contribution in [0.1, 0.15) is 15.9 Å². The second kappa shape index (κ2) is 5.70. The highest BCUT2D eigenvalue weighted by molar-refractivity contribution is 6.06. The van der Waals surface area contributed by atoms with Gasteiger partial charge >= 0.3 is 0 Å². The first kappa shape index (κ1) is 14.3. The summed E-state index contributed by atoms with van der Waals surface area (Å²) in [6.45, 7) is 0. The number of nitrogens with zero attached hydrogens (tertiary/aromatic N) is 2. The number of benzene rings is 2. The Bertz CT molecular complexity index is 1070. The molecule has 2 aromatic carbocycles. The molecule has 0 saturated heterocycles. The Kier molecular flexibility index (Phi) is 3.39. The standard InChI is InChI=1S/C19H16N4O/c1-23-12-14(15-6-2-3-8-17(15)23)11-21-22-19(24)16-7-4-5-13-9-10-20-18(13)16/h2-12,20H,1H3,(H,22,24)/b21-11+. The van der Waals surface area contributed by atoms with Crippen LogP contribution in [0.3, 0.4) is 0 Å². The van der Waals surface area contributed by atoms with E-state index in [0.717, 1.165) is 27.4 Å². The molecule has 1 amide bonds. The average Bonchev–Trinajstić information content (AvgIpc) is 3.20. The molecular weight excluding hydrogens is 300 g/mol. The number of carbonyl (C=O) groups is 1. The molecule has 0 saturated carbocycles. The number of hydrazone groups is 1. The Morgan fingerprint density at radius 1 is 1.17 bits per heavy atom. The number of nitrogens with one attached hydrogen (secondary N) is 2. The monoisotopic (exact) mass is 316 g/mol. The van der Waals surface area contributed by atoms with Gasteiger partial charge in [-0.15, -0.1) is 0 Å². The van der Waals surface area contributed by atoms with Crippen LogP contribution in [0.4, 0.5) is 0 Å². The first-order valence-electron chi connectivity index (χ1n) is 7.67. The number of aromatic nitrogens is 2. The fourth-order valence-corrected chi connectivity index (χ4v) is 2.97. The van der Waals surface area contributed by atoms with Crippen LogP contribution in [0.25, 0.3) is 21.8 Å². The van der Waals surface area contributed by atoms with Gasteiger partial charge in [0.25, 0.3) is 5.91 Å². The molecule has 0 aliphatic carbocycles. The van der Waals surface area contributed by atoms with Gasteiger partial charge in [-0.25, -0.2) is 5.43 Å². The largest absolute Gasteiger partial charge is 0.361 e. The SMILES string of the molecule is Cn1cc(/C=N/NC(=O)c2cccc3cc[nH]c23)c2ccccc21. The van der Waals surface area contributed by atoms with E-state index in [9.17, 15) is 4.79 Å². The fraction of sp³-hybridized carbons (Fsp3) is 0.0526. The Balaban J connectivity index is 1.59. The van der Waals surface area contributed by atoms with Gasteiger partial charge in [0.1, 0.15) is 0 Å². The van der Waals surface area contributed by atoms with Crippen LogP contribution < -0.4 is 5.43 Å². The number of aryl methyl sites for hydroxylation is 1. The maximum atomic E-state index is 12.4. The molecule has 4 aromatic rings. The third kappa shape index (κ3) is 2.36. The Hall–Kier alpha value is -3.34. The third-order valence-electron chi connectivity index (χ3n) is 4.13. The van der Waals surface area contributed by atoms with Gasteiger partial charge in [0.2, 0.25) is 0 Å². The summed E-state index contributed by atoms with van der Waals surface area (Å²) in [4.78, 5) is 15.5. The van der Waals surface area contributed by atoms with E-state index in [1.165, 1.54) is 0 Å². The van der Waals surface area contributed by atoms with Crippen LogP contribution in [0.5, 0.6) is 0 Å². The van der Waals surface area contributed by atoms with Crippen molar-refractivity contribution in [1.29, 1.82) is 0 Å². The molecule has 5 heteroatoms. The highest BCUT2D eigenvalue weighted by Crippen LogP contribution is 2.19. The highest BCUT2D eigenvalue weighted by Gasteiger charge is 2.10. The van der Waals surface area contributed by atoms with Crippen LogP contribution in [0.2, 0.25) is 0 Å². The molecule has 5 nitrogen and oxygen atoms in total. The predicted molar refractivity (Wildman–Crippen MR) is 96.3 cm³/mol. The molecule has 24 heavy (non-hydrogen) atoms. The second-order valence-electron chi connectivity index (χ2n) is 5.66. The van der Waals surface area contributed by atoms with Crippen molar-refractivity contribution in [3.8, 4) is 0 Å². The Morgan fingerprint density at radius 3 is 2.96 bits per heavy atom. The van der Waals surface area contributed by atoms with Gasteiger partial charge < -0.3 is 9.55 Å². The average molecular weight is 316 g/mol. The number of fused-ring (bicyclic) bond motifs is 2. The summed E-state index contributed by atoms with van der Waals surface area (Å²) in [6.07, 6.45) is 5.49. The molecule has 118 valence electrons. The lowest BCUT2D eigenvalue weighted by Gasteiger charge is -2.01. The smallest absolute Gasteiger partial charge is 0.273 e. The molecule has 0 radical (unpaired) electrons. The first-order chi connectivity index (χ1) is 11.7. The predicted octanol–water partition coefficient (Wildman–Crippen LogP) is 3.42. The molecule has 0 spiro atoms. The summed E-state index contributed by atoms with van der Waals surface area (Å²) in [5, 5.41) is 6.22. The van der Waals surface area contributed by atoms with Gasteiger partial charge in [-0.1, -0.05) is 30.3 Å². The van der Waals surface area contributed by atoms with E-state index in [4.69, 9.17) is 0 Å². The summed E-state index contributed by atoms with van der Waals surface area (Å²) in [5.74, 6) is -0.237. The molecule has 2 heterocycles. The van der Waals surface area contributed by atoms with Gasteiger partial charge in [0, 0.05) is 41.3 Å². The molecule has 0 atom stereocenters. The van der Waals surface area contributed by atoms with E-state index in [-0.39, 0.29) is 5.91 Å². The van der Waals surface area contributed by atoms with E-state index in [0.29, 0.717) is 5.56 Å². The summed E-state index contributed by atoms with van der Waals surface area (Å²) >= 11 is 0. The number of hydrogen-bond donors (Lipinski definition) is 2. The van der Waals surface area contributed by atoms with Gasteiger partial charge in [-0.05, 0) is 18.2 Å². The zero-order valence-electron chi connectivity index (χ0n) is 13.2. The van der Waals surface area contributed by atoms with Crippen molar-refractivity contribution in [3.63, 3.8) is 0 Å². The normalized spacial score (nSPS) is 11.5. The number of amides is 1. The van der Waals surface area contributed by atoms with Crippen molar-refractivity contribution >= 4 is 33.9 Å². The lowest BCUT2D eigenvalue weighted by molar-refractivity contribution is 0.0956. The number of para-hydroxylation sites is 2. The number of aromatic amines is 1. The minimum absolute atomic E-state index is 0.237. The van der Waals surface area contributed by atoms with E-state index in [1.54, 1.807) is 12.3 Å².